The quantitative estimate of drug-likeness (QED) is 0.861. The predicted octanol–water partition coefficient (Wildman–Crippen LogP) is 0.911. The Labute approximate surface area is 111 Å². The molecule has 2 rings (SSSR count). The second-order valence-corrected chi connectivity index (χ2v) is 4.06. The number of aryl methyl sites for hydroxylation is 2. The smallest absolute Gasteiger partial charge is 0.161 e. The van der Waals surface area contributed by atoms with E-state index in [4.69, 9.17) is 10.5 Å². The molecule has 0 aliphatic heterocycles. The highest BCUT2D eigenvalue weighted by molar-refractivity contribution is 5.37. The third-order valence-electron chi connectivity index (χ3n) is 2.62. The zero-order valence-electron chi connectivity index (χ0n) is 11.4. The average molecular weight is 262 g/mol. The lowest BCUT2D eigenvalue weighted by atomic mass is 10.4. The maximum atomic E-state index is 5.79. The van der Waals surface area contributed by atoms with Gasteiger partial charge in [-0.2, -0.15) is 4.68 Å². The Hall–Kier alpha value is -2.02. The molecular weight excluding hydrogens is 244 g/mol. The zero-order valence-corrected chi connectivity index (χ0v) is 11.4. The number of hydrogen-bond acceptors (Lipinski definition) is 6. The summed E-state index contributed by atoms with van der Waals surface area (Å²) in [5.74, 6) is 3.21. The molecule has 7 heteroatoms. The van der Waals surface area contributed by atoms with Gasteiger partial charge in [0.15, 0.2) is 17.5 Å². The van der Waals surface area contributed by atoms with Crippen molar-refractivity contribution in [1.82, 2.24) is 24.7 Å². The van der Waals surface area contributed by atoms with E-state index in [1.807, 2.05) is 13.8 Å². The van der Waals surface area contributed by atoms with Crippen LogP contribution in [-0.4, -0.2) is 31.8 Å². The Balaban J connectivity index is 2.48. The lowest BCUT2D eigenvalue weighted by Gasteiger charge is -2.06. The second-order valence-electron chi connectivity index (χ2n) is 4.06. The number of nitrogens with zero attached hydrogens (tertiary/aromatic N) is 5. The fourth-order valence-electron chi connectivity index (χ4n) is 1.76. The first-order chi connectivity index (χ1) is 9.17. The maximum Gasteiger partial charge on any atom is 0.161 e. The van der Waals surface area contributed by atoms with Gasteiger partial charge in [-0.05, 0) is 0 Å². The molecule has 0 saturated heterocycles. The first-order valence-electron chi connectivity index (χ1n) is 6.25. The molecule has 2 aromatic heterocycles. The van der Waals surface area contributed by atoms with Crippen molar-refractivity contribution in [2.75, 3.05) is 12.8 Å². The molecular formula is C12H18N6O. The van der Waals surface area contributed by atoms with Gasteiger partial charge in [-0.25, -0.2) is 15.0 Å². The van der Waals surface area contributed by atoms with Crippen LogP contribution in [-0.2, 0) is 24.2 Å². The summed E-state index contributed by atoms with van der Waals surface area (Å²) in [5, 5.41) is 4.43. The van der Waals surface area contributed by atoms with Gasteiger partial charge in [0.05, 0.1) is 0 Å². The van der Waals surface area contributed by atoms with Gasteiger partial charge < -0.3 is 10.5 Å². The average Bonchev–Trinajstić information content (AvgIpc) is 2.81. The summed E-state index contributed by atoms with van der Waals surface area (Å²) in [5.41, 5.74) is 5.79. The van der Waals surface area contributed by atoms with Gasteiger partial charge in [-0.3, -0.25) is 0 Å². The Kier molecular flexibility index (Phi) is 4.06. The van der Waals surface area contributed by atoms with Gasteiger partial charge in [0, 0.05) is 26.0 Å². The van der Waals surface area contributed by atoms with Crippen molar-refractivity contribution < 1.29 is 4.74 Å². The second kappa shape index (κ2) is 5.75. The van der Waals surface area contributed by atoms with Gasteiger partial charge in [0.25, 0.3) is 0 Å². The van der Waals surface area contributed by atoms with Gasteiger partial charge in [-0.15, -0.1) is 5.10 Å². The monoisotopic (exact) mass is 262 g/mol. The van der Waals surface area contributed by atoms with E-state index in [0.29, 0.717) is 24.1 Å². The topological polar surface area (TPSA) is 91.7 Å². The molecule has 0 aliphatic rings. The minimum Gasteiger partial charge on any atom is -0.384 e. The highest BCUT2D eigenvalue weighted by Gasteiger charge is 2.12. The number of hydrogen-bond donors (Lipinski definition) is 1. The van der Waals surface area contributed by atoms with Crippen LogP contribution in [0.25, 0.3) is 5.82 Å². The van der Waals surface area contributed by atoms with Crippen LogP contribution in [0, 0.1) is 0 Å². The summed E-state index contributed by atoms with van der Waals surface area (Å²) in [6, 6.07) is 1.69. The summed E-state index contributed by atoms with van der Waals surface area (Å²) in [7, 11) is 1.59. The van der Waals surface area contributed by atoms with Crippen molar-refractivity contribution >= 4 is 5.82 Å². The molecule has 19 heavy (non-hydrogen) atoms. The van der Waals surface area contributed by atoms with E-state index in [1.165, 1.54) is 0 Å². The summed E-state index contributed by atoms with van der Waals surface area (Å²) >= 11 is 0. The fourth-order valence-corrected chi connectivity index (χ4v) is 1.76. The van der Waals surface area contributed by atoms with Crippen LogP contribution in [0.5, 0.6) is 0 Å². The SMILES string of the molecule is CCc1nc(CC)n(-c2cc(N)nc(COC)n2)n1. The summed E-state index contributed by atoms with van der Waals surface area (Å²) in [4.78, 5) is 13.0. The first-order valence-corrected chi connectivity index (χ1v) is 6.25. The number of methoxy groups -OCH3 is 1. The number of anilines is 1. The van der Waals surface area contributed by atoms with Crippen LogP contribution in [0.15, 0.2) is 6.07 Å². The molecule has 102 valence electrons. The molecule has 2 N–H and O–H groups in total. The van der Waals surface area contributed by atoms with Crippen LogP contribution < -0.4 is 5.73 Å². The molecule has 0 spiro atoms. The standard InChI is InChI=1S/C12H18N6O/c1-4-9-15-11(5-2)18(17-9)12-6-8(13)14-10(16-12)7-19-3/h6H,4-5,7H2,1-3H3,(H2,13,14,16). The molecule has 0 atom stereocenters. The zero-order chi connectivity index (χ0) is 13.8. The van der Waals surface area contributed by atoms with E-state index in [9.17, 15) is 0 Å². The maximum absolute atomic E-state index is 5.79. The van der Waals surface area contributed by atoms with Crippen LogP contribution >= 0.6 is 0 Å². The largest absolute Gasteiger partial charge is 0.384 e. The lowest BCUT2D eigenvalue weighted by molar-refractivity contribution is 0.178. The van der Waals surface area contributed by atoms with Gasteiger partial charge >= 0.3 is 0 Å². The number of aromatic nitrogens is 5. The Morgan fingerprint density at radius 1 is 1.16 bits per heavy atom. The summed E-state index contributed by atoms with van der Waals surface area (Å²) < 4.78 is 6.75. The van der Waals surface area contributed by atoms with Gasteiger partial charge in [0.2, 0.25) is 0 Å². The molecule has 0 bridgehead atoms. The molecule has 2 heterocycles. The Morgan fingerprint density at radius 2 is 1.95 bits per heavy atom. The number of rotatable bonds is 5. The number of ether oxygens (including phenoxy) is 1. The van der Waals surface area contributed by atoms with Crippen LogP contribution in [0.3, 0.4) is 0 Å². The highest BCUT2D eigenvalue weighted by atomic mass is 16.5. The van der Waals surface area contributed by atoms with Crippen molar-refractivity contribution in [1.29, 1.82) is 0 Å². The molecule has 0 unspecified atom stereocenters. The van der Waals surface area contributed by atoms with Gasteiger partial charge in [0.1, 0.15) is 18.2 Å². The van der Waals surface area contributed by atoms with E-state index < -0.39 is 0 Å². The molecule has 0 amide bonds. The number of nitrogens with two attached hydrogens (primary N) is 1. The van der Waals surface area contributed by atoms with E-state index in [2.05, 4.69) is 20.1 Å². The van der Waals surface area contributed by atoms with Crippen molar-refractivity contribution in [3.8, 4) is 5.82 Å². The molecule has 2 aromatic rings. The summed E-state index contributed by atoms with van der Waals surface area (Å²) in [6.07, 6.45) is 1.56. The molecule has 0 saturated carbocycles. The molecule has 0 radical (unpaired) electrons. The first kappa shape index (κ1) is 13.4. The minimum absolute atomic E-state index is 0.314. The Bertz CT molecular complexity index is 565. The van der Waals surface area contributed by atoms with Crippen molar-refractivity contribution in [3.05, 3.63) is 23.5 Å². The van der Waals surface area contributed by atoms with Crippen molar-refractivity contribution in [2.24, 2.45) is 0 Å². The van der Waals surface area contributed by atoms with Gasteiger partial charge in [-0.1, -0.05) is 13.8 Å². The predicted molar refractivity (Wildman–Crippen MR) is 70.8 cm³/mol. The number of nitrogen functional groups attached to an aromatic ring is 1. The van der Waals surface area contributed by atoms with Crippen LogP contribution in [0.2, 0.25) is 0 Å². The van der Waals surface area contributed by atoms with E-state index >= 15 is 0 Å². The molecule has 0 fully saturated rings. The van der Waals surface area contributed by atoms with Crippen LogP contribution in [0.1, 0.15) is 31.3 Å². The minimum atomic E-state index is 0.314. The molecule has 7 nitrogen and oxygen atoms in total. The Morgan fingerprint density at radius 3 is 2.58 bits per heavy atom. The fraction of sp³-hybridized carbons (Fsp3) is 0.500. The van der Waals surface area contributed by atoms with Crippen molar-refractivity contribution in [2.45, 2.75) is 33.3 Å². The van der Waals surface area contributed by atoms with E-state index in [-0.39, 0.29) is 0 Å². The summed E-state index contributed by atoms with van der Waals surface area (Å²) in [6.45, 7) is 4.36. The third-order valence-corrected chi connectivity index (χ3v) is 2.62. The molecule has 0 aliphatic carbocycles. The van der Waals surface area contributed by atoms with E-state index in [1.54, 1.807) is 17.9 Å². The normalized spacial score (nSPS) is 10.9. The third kappa shape index (κ3) is 2.87. The molecule has 0 aromatic carbocycles. The highest BCUT2D eigenvalue weighted by Crippen LogP contribution is 2.12. The lowest BCUT2D eigenvalue weighted by Crippen LogP contribution is -2.09. The van der Waals surface area contributed by atoms with Crippen LogP contribution in [0.4, 0.5) is 5.82 Å². The van der Waals surface area contributed by atoms with Crippen molar-refractivity contribution in [3.63, 3.8) is 0 Å². The van der Waals surface area contributed by atoms with E-state index in [0.717, 1.165) is 24.5 Å².